The molecular formula is C20H36O4. The summed E-state index contributed by atoms with van der Waals surface area (Å²) in [6, 6.07) is 0. The number of hydrogen-bond donors (Lipinski definition) is 2. The highest BCUT2D eigenvalue weighted by Gasteiger charge is 2.08. The molecule has 0 heterocycles. The molecule has 0 bridgehead atoms. The van der Waals surface area contributed by atoms with Gasteiger partial charge in [0.05, 0.1) is 0 Å². The summed E-state index contributed by atoms with van der Waals surface area (Å²) in [5.74, 6) is -2.30. The third kappa shape index (κ3) is 15.6. The lowest BCUT2D eigenvalue weighted by Crippen LogP contribution is -2.04. The zero-order valence-corrected chi connectivity index (χ0v) is 15.4. The lowest BCUT2D eigenvalue weighted by molar-refractivity contribution is -0.135. The molecule has 0 aromatic carbocycles. The maximum atomic E-state index is 10.9. The van der Waals surface area contributed by atoms with Crippen LogP contribution in [-0.4, -0.2) is 22.2 Å². The van der Waals surface area contributed by atoms with Crippen molar-refractivity contribution < 1.29 is 19.8 Å². The number of carboxylic acid groups (broad SMARTS) is 2. The van der Waals surface area contributed by atoms with Crippen LogP contribution in [0.1, 0.15) is 103 Å². The summed E-state index contributed by atoms with van der Waals surface area (Å²) < 4.78 is 0. The molecule has 2 N–H and O–H groups in total. The van der Waals surface area contributed by atoms with Gasteiger partial charge in [-0.1, -0.05) is 90.4 Å². The fourth-order valence-corrected chi connectivity index (χ4v) is 2.90. The first-order valence-corrected chi connectivity index (χ1v) is 9.74. The Kier molecular flexibility index (Phi) is 15.6. The second-order valence-corrected chi connectivity index (χ2v) is 6.66. The number of hydrogen-bond acceptors (Lipinski definition) is 2. The summed E-state index contributed by atoms with van der Waals surface area (Å²) in [4.78, 5) is 21.4. The molecule has 0 aromatic heterocycles. The smallest absolute Gasteiger partial charge is 0.331 e. The zero-order valence-electron chi connectivity index (χ0n) is 15.4. The molecule has 0 radical (unpaired) electrons. The van der Waals surface area contributed by atoms with Gasteiger partial charge in [0.15, 0.2) is 0 Å². The van der Waals surface area contributed by atoms with Crippen molar-refractivity contribution in [2.45, 2.75) is 103 Å². The number of unbranched alkanes of at least 4 members (excludes halogenated alkanes) is 13. The summed E-state index contributed by atoms with van der Waals surface area (Å²) in [6.07, 6.45) is 18.7. The molecule has 0 saturated carbocycles. The Morgan fingerprint density at radius 2 is 1.04 bits per heavy atom. The summed E-state index contributed by atoms with van der Waals surface area (Å²) in [5.41, 5.74) is 0.00133. The van der Waals surface area contributed by atoms with Crippen molar-refractivity contribution in [3.63, 3.8) is 0 Å². The van der Waals surface area contributed by atoms with E-state index < -0.39 is 11.9 Å². The van der Waals surface area contributed by atoms with E-state index in [0.717, 1.165) is 25.3 Å². The van der Waals surface area contributed by atoms with Gasteiger partial charge < -0.3 is 10.2 Å². The third-order valence-electron chi connectivity index (χ3n) is 4.37. The first-order chi connectivity index (χ1) is 11.6. The number of carboxylic acids is 2. The molecule has 0 unspecified atom stereocenters. The van der Waals surface area contributed by atoms with Gasteiger partial charge in [0.25, 0.3) is 0 Å². The zero-order chi connectivity index (χ0) is 18.0. The highest BCUT2D eigenvalue weighted by molar-refractivity contribution is 5.94. The number of carbonyl (C=O) groups is 2. The topological polar surface area (TPSA) is 74.6 Å². The van der Waals surface area contributed by atoms with E-state index in [9.17, 15) is 9.59 Å². The van der Waals surface area contributed by atoms with Crippen molar-refractivity contribution in [2.75, 3.05) is 0 Å². The lowest BCUT2D eigenvalue weighted by atomic mass is 10.0. The average molecular weight is 341 g/mol. The van der Waals surface area contributed by atoms with Gasteiger partial charge >= 0.3 is 11.9 Å². The van der Waals surface area contributed by atoms with Gasteiger partial charge in [-0.3, -0.25) is 0 Å². The molecule has 4 heteroatoms. The molecule has 0 saturated heterocycles. The minimum absolute atomic E-state index is 0.00133. The molecule has 4 nitrogen and oxygen atoms in total. The first-order valence-electron chi connectivity index (χ1n) is 9.74. The molecule has 0 rings (SSSR count). The second-order valence-electron chi connectivity index (χ2n) is 6.66. The molecule has 0 aromatic rings. The van der Waals surface area contributed by atoms with Crippen molar-refractivity contribution in [2.24, 2.45) is 0 Å². The monoisotopic (exact) mass is 340 g/mol. The molecular weight excluding hydrogens is 304 g/mol. The van der Waals surface area contributed by atoms with Crippen molar-refractivity contribution >= 4 is 11.9 Å². The van der Waals surface area contributed by atoms with Crippen LogP contribution < -0.4 is 0 Å². The second kappa shape index (κ2) is 16.5. The van der Waals surface area contributed by atoms with E-state index in [-0.39, 0.29) is 5.57 Å². The van der Waals surface area contributed by atoms with Gasteiger partial charge in [-0.15, -0.1) is 0 Å². The molecule has 140 valence electrons. The fourth-order valence-electron chi connectivity index (χ4n) is 2.90. The van der Waals surface area contributed by atoms with Gasteiger partial charge in [0, 0.05) is 11.6 Å². The van der Waals surface area contributed by atoms with Gasteiger partial charge in [-0.05, 0) is 12.8 Å². The molecule has 0 aliphatic rings. The van der Waals surface area contributed by atoms with Gasteiger partial charge in [-0.2, -0.15) is 0 Å². The van der Waals surface area contributed by atoms with Crippen LogP contribution in [0.4, 0.5) is 0 Å². The molecule has 24 heavy (non-hydrogen) atoms. The Labute approximate surface area is 147 Å². The van der Waals surface area contributed by atoms with Crippen molar-refractivity contribution in [1.29, 1.82) is 0 Å². The van der Waals surface area contributed by atoms with E-state index in [1.165, 1.54) is 70.6 Å². The van der Waals surface area contributed by atoms with Crippen LogP contribution in [0.15, 0.2) is 11.6 Å². The van der Waals surface area contributed by atoms with Crippen molar-refractivity contribution in [3.05, 3.63) is 11.6 Å². The van der Waals surface area contributed by atoms with E-state index >= 15 is 0 Å². The van der Waals surface area contributed by atoms with Crippen molar-refractivity contribution in [3.8, 4) is 0 Å². The molecule has 0 aliphatic heterocycles. The van der Waals surface area contributed by atoms with E-state index in [4.69, 9.17) is 10.2 Å². The number of aliphatic carboxylic acids is 2. The van der Waals surface area contributed by atoms with Crippen molar-refractivity contribution in [1.82, 2.24) is 0 Å². The Balaban J connectivity index is 3.36. The summed E-state index contributed by atoms with van der Waals surface area (Å²) >= 11 is 0. The van der Waals surface area contributed by atoms with E-state index in [1.54, 1.807) is 0 Å². The van der Waals surface area contributed by atoms with E-state index in [1.807, 2.05) is 0 Å². The van der Waals surface area contributed by atoms with Gasteiger partial charge in [-0.25, -0.2) is 9.59 Å². The Bertz CT molecular complexity index is 361. The Morgan fingerprint density at radius 1 is 0.667 bits per heavy atom. The highest BCUT2D eigenvalue weighted by Crippen LogP contribution is 2.14. The van der Waals surface area contributed by atoms with E-state index in [2.05, 4.69) is 6.92 Å². The quantitative estimate of drug-likeness (QED) is 0.253. The summed E-state index contributed by atoms with van der Waals surface area (Å²) in [7, 11) is 0. The molecule has 0 aliphatic carbocycles. The maximum absolute atomic E-state index is 10.9. The largest absolute Gasteiger partial charge is 0.478 e. The highest BCUT2D eigenvalue weighted by atomic mass is 16.4. The lowest BCUT2D eigenvalue weighted by Gasteiger charge is -2.04. The predicted molar refractivity (Wildman–Crippen MR) is 98.3 cm³/mol. The molecule has 0 amide bonds. The molecule has 0 atom stereocenters. The van der Waals surface area contributed by atoms with Gasteiger partial charge in [0.2, 0.25) is 0 Å². The van der Waals surface area contributed by atoms with Crippen LogP contribution >= 0.6 is 0 Å². The predicted octanol–water partition coefficient (Wildman–Crippen LogP) is 5.95. The Morgan fingerprint density at radius 3 is 1.38 bits per heavy atom. The minimum Gasteiger partial charge on any atom is -0.478 e. The maximum Gasteiger partial charge on any atom is 0.331 e. The normalized spacial score (nSPS) is 11.6. The summed E-state index contributed by atoms with van der Waals surface area (Å²) in [5, 5.41) is 17.5. The van der Waals surface area contributed by atoms with Crippen LogP contribution in [0.5, 0.6) is 0 Å². The van der Waals surface area contributed by atoms with Crippen LogP contribution in [-0.2, 0) is 9.59 Å². The number of rotatable bonds is 17. The van der Waals surface area contributed by atoms with E-state index in [0.29, 0.717) is 6.42 Å². The molecule has 0 spiro atoms. The van der Waals surface area contributed by atoms with Crippen LogP contribution in [0.25, 0.3) is 0 Å². The van der Waals surface area contributed by atoms with Crippen LogP contribution in [0.3, 0.4) is 0 Å². The molecule has 0 fully saturated rings. The third-order valence-corrected chi connectivity index (χ3v) is 4.37. The fraction of sp³-hybridized carbons (Fsp3) is 0.800. The summed E-state index contributed by atoms with van der Waals surface area (Å²) in [6.45, 7) is 2.25. The first kappa shape index (κ1) is 22.7. The standard InChI is InChI=1S/C20H36O4/c1-2-3-4-5-6-7-8-9-10-11-12-13-14-15-16-18(20(23)24)17-19(21)22/h17H,2-16H2,1H3,(H,21,22)(H,23,24)/b18-17-. The van der Waals surface area contributed by atoms with Gasteiger partial charge in [0.1, 0.15) is 0 Å². The SMILES string of the molecule is CCCCCCCCCCCCCCCC/C(=C/C(=O)O)C(=O)O. The average Bonchev–Trinajstić information content (AvgIpc) is 2.53. The minimum atomic E-state index is -1.18. The Hall–Kier alpha value is -1.32. The van der Waals surface area contributed by atoms with Crippen LogP contribution in [0, 0.1) is 0 Å². The van der Waals surface area contributed by atoms with Crippen LogP contribution in [0.2, 0.25) is 0 Å².